The molecule has 43 heavy (non-hydrogen) atoms. The number of aromatic nitrogens is 3. The summed E-state index contributed by atoms with van der Waals surface area (Å²) in [7, 11) is 2.10. The molecular weight excluding hydrogens is 543 g/mol. The van der Waals surface area contributed by atoms with Crippen molar-refractivity contribution in [3.05, 3.63) is 70.5 Å². The standard InChI is InChI=1S/C35H37FN4O3/c1-39-27(22-5-6-22)17-29(38-39)33-12-9-32(10-13-33,11-14-33)21-40(30(41)34-18-35(36,19-34)20-34)25-4-2-3-23(15-25)24-7-8-26-28(16-24)43-31(42)37-26/h2-4,7-8,15-17,22H,5-6,9-14,18-21H2,1H3,(H,37,42). The summed E-state index contributed by atoms with van der Waals surface area (Å²) in [5.41, 5.74) is 5.11. The van der Waals surface area contributed by atoms with Crippen LogP contribution in [0.25, 0.3) is 22.2 Å². The van der Waals surface area contributed by atoms with Gasteiger partial charge in [0.05, 0.1) is 16.6 Å². The van der Waals surface area contributed by atoms with E-state index in [1.807, 2.05) is 41.3 Å². The lowest BCUT2D eigenvalue weighted by Crippen LogP contribution is -2.71. The van der Waals surface area contributed by atoms with Crippen LogP contribution in [0, 0.1) is 10.8 Å². The number of aromatic amines is 1. The second-order valence-corrected chi connectivity index (χ2v) is 14.8. The fourth-order valence-electron chi connectivity index (χ4n) is 9.16. The zero-order valence-corrected chi connectivity index (χ0v) is 24.6. The van der Waals surface area contributed by atoms with Gasteiger partial charge in [0.15, 0.2) is 5.58 Å². The molecule has 7 aliphatic rings. The summed E-state index contributed by atoms with van der Waals surface area (Å²) in [5.74, 6) is 0.302. The average molecular weight is 581 g/mol. The number of halogens is 1. The molecule has 8 heteroatoms. The van der Waals surface area contributed by atoms with Gasteiger partial charge in [-0.15, -0.1) is 0 Å². The van der Waals surface area contributed by atoms with Gasteiger partial charge in [-0.2, -0.15) is 5.10 Å². The number of amides is 1. The Balaban J connectivity index is 1.02. The second-order valence-electron chi connectivity index (χ2n) is 14.8. The quantitative estimate of drug-likeness (QED) is 0.257. The summed E-state index contributed by atoms with van der Waals surface area (Å²) in [5, 5.41) is 5.03. The third kappa shape index (κ3) is 3.87. The molecule has 1 N–H and O–H groups in total. The van der Waals surface area contributed by atoms with Crippen LogP contribution in [-0.4, -0.2) is 32.9 Å². The van der Waals surface area contributed by atoms with E-state index in [1.165, 1.54) is 24.2 Å². The van der Waals surface area contributed by atoms with E-state index in [2.05, 4.69) is 28.8 Å². The van der Waals surface area contributed by atoms with Crippen LogP contribution in [0.4, 0.5) is 10.1 Å². The van der Waals surface area contributed by atoms with Gasteiger partial charge in [0.1, 0.15) is 5.67 Å². The van der Waals surface area contributed by atoms with E-state index in [-0.39, 0.29) is 16.7 Å². The Morgan fingerprint density at radius 1 is 1.02 bits per heavy atom. The zero-order valence-electron chi connectivity index (χ0n) is 24.6. The normalized spacial score (nSPS) is 32.4. The smallest absolute Gasteiger partial charge is 0.408 e. The molecule has 7 nitrogen and oxygen atoms in total. The number of nitrogens with zero attached hydrogens (tertiary/aromatic N) is 3. The SMILES string of the molecule is Cn1nc(C23CCC(CN(C(=O)C45CC(F)(C4)C5)c4cccc(-c5ccc6[nH]c(=O)oc6c5)c4)(CC2)CC3)cc1C1CC1. The minimum atomic E-state index is -1.13. The predicted octanol–water partition coefficient (Wildman–Crippen LogP) is 6.92. The van der Waals surface area contributed by atoms with Crippen LogP contribution in [0.15, 0.2) is 57.7 Å². The van der Waals surface area contributed by atoms with Crippen molar-refractivity contribution in [2.24, 2.45) is 17.9 Å². The average Bonchev–Trinajstić information content (AvgIpc) is 3.64. The first kappa shape index (κ1) is 25.8. The van der Waals surface area contributed by atoms with Crippen molar-refractivity contribution in [3.8, 4) is 11.1 Å². The molecule has 0 atom stereocenters. The van der Waals surface area contributed by atoms with Gasteiger partial charge in [0.2, 0.25) is 5.91 Å². The molecule has 2 heterocycles. The summed E-state index contributed by atoms with van der Waals surface area (Å²) in [6.07, 6.45) is 10.2. The zero-order chi connectivity index (χ0) is 29.2. The Bertz CT molecular complexity index is 1820. The number of aryl methyl sites for hydroxylation is 1. The number of alkyl halides is 1. The predicted molar refractivity (Wildman–Crippen MR) is 162 cm³/mol. The molecule has 2 aromatic carbocycles. The summed E-state index contributed by atoms with van der Waals surface area (Å²) in [6, 6.07) is 16.2. The van der Waals surface area contributed by atoms with E-state index >= 15 is 0 Å². The number of carbonyl (C=O) groups is 1. The van der Waals surface area contributed by atoms with Gasteiger partial charge in [-0.3, -0.25) is 14.5 Å². The Labute approximate surface area is 249 Å². The van der Waals surface area contributed by atoms with Gasteiger partial charge < -0.3 is 9.32 Å². The topological polar surface area (TPSA) is 84.1 Å². The molecule has 0 unspecified atom stereocenters. The molecule has 4 bridgehead atoms. The Morgan fingerprint density at radius 3 is 2.44 bits per heavy atom. The fraction of sp³-hybridized carbons (Fsp3) is 0.514. The Hall–Kier alpha value is -3.68. The molecule has 7 aliphatic carbocycles. The minimum absolute atomic E-state index is 0.0614. The number of H-pyrrole nitrogens is 1. The largest absolute Gasteiger partial charge is 0.417 e. The van der Waals surface area contributed by atoms with Crippen LogP contribution in [0.5, 0.6) is 0 Å². The van der Waals surface area contributed by atoms with Crippen LogP contribution >= 0.6 is 0 Å². The first-order chi connectivity index (χ1) is 20.7. The molecule has 4 aromatic rings. The van der Waals surface area contributed by atoms with Crippen LogP contribution in [0.1, 0.15) is 87.9 Å². The van der Waals surface area contributed by atoms with Crippen LogP contribution in [0.3, 0.4) is 0 Å². The molecule has 0 spiro atoms. The van der Waals surface area contributed by atoms with Crippen molar-refractivity contribution >= 4 is 22.7 Å². The molecule has 2 aromatic heterocycles. The van der Waals surface area contributed by atoms with E-state index in [0.717, 1.165) is 55.3 Å². The number of nitrogens with one attached hydrogen (secondary N) is 1. The Morgan fingerprint density at radius 2 is 1.74 bits per heavy atom. The fourth-order valence-corrected chi connectivity index (χ4v) is 9.16. The van der Waals surface area contributed by atoms with Crippen molar-refractivity contribution in [3.63, 3.8) is 0 Å². The van der Waals surface area contributed by atoms with Crippen LogP contribution < -0.4 is 10.7 Å². The number of hydrogen-bond donors (Lipinski definition) is 1. The molecule has 0 radical (unpaired) electrons. The van der Waals surface area contributed by atoms with Crippen molar-refractivity contribution in [2.75, 3.05) is 11.4 Å². The lowest BCUT2D eigenvalue weighted by Gasteiger charge is -2.65. The van der Waals surface area contributed by atoms with Crippen LogP contribution in [0.2, 0.25) is 0 Å². The van der Waals surface area contributed by atoms with E-state index < -0.39 is 16.8 Å². The van der Waals surface area contributed by atoms with Gasteiger partial charge in [-0.25, -0.2) is 9.18 Å². The van der Waals surface area contributed by atoms with Gasteiger partial charge >= 0.3 is 5.76 Å². The minimum Gasteiger partial charge on any atom is -0.408 e. The highest BCUT2D eigenvalue weighted by Crippen LogP contribution is 2.70. The number of benzene rings is 2. The van der Waals surface area contributed by atoms with Gasteiger partial charge in [0.25, 0.3) is 0 Å². The van der Waals surface area contributed by atoms with Crippen molar-refractivity contribution < 1.29 is 13.6 Å². The van der Waals surface area contributed by atoms with Crippen molar-refractivity contribution in [2.45, 2.75) is 87.6 Å². The first-order valence-corrected chi connectivity index (χ1v) is 16.0. The van der Waals surface area contributed by atoms with E-state index in [9.17, 15) is 14.0 Å². The third-order valence-electron chi connectivity index (χ3n) is 11.9. The lowest BCUT2D eigenvalue weighted by atomic mass is 9.41. The van der Waals surface area contributed by atoms with E-state index in [1.54, 1.807) is 0 Å². The Kier molecular flexibility index (Phi) is 5.09. The van der Waals surface area contributed by atoms with Gasteiger partial charge in [0, 0.05) is 36.3 Å². The highest BCUT2D eigenvalue weighted by Gasteiger charge is 2.73. The lowest BCUT2D eigenvalue weighted by molar-refractivity contribution is -0.211. The second kappa shape index (κ2) is 8.48. The molecule has 0 saturated heterocycles. The number of rotatable bonds is 7. The molecule has 222 valence electrons. The maximum absolute atomic E-state index is 14.6. The molecule has 7 fully saturated rings. The maximum Gasteiger partial charge on any atom is 0.417 e. The summed E-state index contributed by atoms with van der Waals surface area (Å²) in [6.45, 7) is 0.674. The monoisotopic (exact) mass is 580 g/mol. The third-order valence-corrected chi connectivity index (χ3v) is 11.9. The molecular formula is C35H37FN4O3. The number of anilines is 1. The molecule has 11 rings (SSSR count). The van der Waals surface area contributed by atoms with E-state index in [4.69, 9.17) is 9.52 Å². The maximum atomic E-state index is 14.6. The summed E-state index contributed by atoms with van der Waals surface area (Å²) < 4.78 is 22.1. The summed E-state index contributed by atoms with van der Waals surface area (Å²) in [4.78, 5) is 30.7. The van der Waals surface area contributed by atoms with Gasteiger partial charge in [-0.05, 0) is 118 Å². The highest BCUT2D eigenvalue weighted by molar-refractivity contribution is 6.00. The number of fused-ring (bicyclic) bond motifs is 4. The van der Waals surface area contributed by atoms with Gasteiger partial charge in [-0.1, -0.05) is 18.2 Å². The van der Waals surface area contributed by atoms with E-state index in [0.29, 0.717) is 42.8 Å². The molecule has 1 amide bonds. The number of oxazole rings is 1. The number of carbonyl (C=O) groups excluding carboxylic acids is 1. The molecule has 7 saturated carbocycles. The highest BCUT2D eigenvalue weighted by atomic mass is 19.1. The number of hydrogen-bond acceptors (Lipinski definition) is 4. The van der Waals surface area contributed by atoms with Crippen LogP contribution in [-0.2, 0) is 17.3 Å². The van der Waals surface area contributed by atoms with Crippen molar-refractivity contribution in [1.82, 2.24) is 14.8 Å². The molecule has 0 aliphatic heterocycles. The first-order valence-electron chi connectivity index (χ1n) is 16.0. The summed E-state index contributed by atoms with van der Waals surface area (Å²) >= 11 is 0. The van der Waals surface area contributed by atoms with Crippen molar-refractivity contribution in [1.29, 1.82) is 0 Å².